The summed E-state index contributed by atoms with van der Waals surface area (Å²) in [5, 5.41) is 19.4. The lowest BCUT2D eigenvalue weighted by molar-refractivity contribution is -0.137. The van der Waals surface area contributed by atoms with Crippen molar-refractivity contribution < 1.29 is 29.3 Å². The highest BCUT2D eigenvalue weighted by Gasteiger charge is 2.26. The van der Waals surface area contributed by atoms with Gasteiger partial charge in [0.1, 0.15) is 10.9 Å². The Hall–Kier alpha value is -2.39. The third-order valence-electron chi connectivity index (χ3n) is 4.33. The van der Waals surface area contributed by atoms with E-state index in [1.54, 1.807) is 16.7 Å². The standard InChI is InChI=1S/C19H21ClN2O6S/c1-10(2)17-21-18(29-5-3-4-15(23)24)16(19(25)26)22(17)8-11-6-13-14(7-12(11)20)28-9-27-13/h6-7,10H,3-5,8-9H2,1-2H3,(H,23,24)(H,25,26). The number of thioether (sulfide) groups is 1. The second-order valence-corrected chi connectivity index (χ2v) is 8.30. The second kappa shape index (κ2) is 8.96. The van der Waals surface area contributed by atoms with Crippen LogP contribution >= 0.6 is 23.4 Å². The maximum absolute atomic E-state index is 12.0. The molecule has 0 fully saturated rings. The number of fused-ring (bicyclic) bond motifs is 1. The molecule has 0 saturated heterocycles. The summed E-state index contributed by atoms with van der Waals surface area (Å²) < 4.78 is 12.4. The van der Waals surface area contributed by atoms with E-state index in [-0.39, 0.29) is 31.4 Å². The van der Waals surface area contributed by atoms with E-state index in [1.165, 1.54) is 11.8 Å². The third kappa shape index (κ3) is 4.79. The molecule has 3 rings (SSSR count). The predicted molar refractivity (Wildman–Crippen MR) is 108 cm³/mol. The van der Waals surface area contributed by atoms with E-state index < -0.39 is 11.9 Å². The van der Waals surface area contributed by atoms with Crippen LogP contribution in [0.4, 0.5) is 0 Å². The van der Waals surface area contributed by atoms with Crippen LogP contribution < -0.4 is 9.47 Å². The Morgan fingerprint density at radius 3 is 2.59 bits per heavy atom. The third-order valence-corrected chi connectivity index (χ3v) is 5.73. The molecule has 1 aliphatic rings. The van der Waals surface area contributed by atoms with Gasteiger partial charge >= 0.3 is 11.9 Å². The first-order valence-corrected chi connectivity index (χ1v) is 10.4. The summed E-state index contributed by atoms with van der Waals surface area (Å²) in [4.78, 5) is 27.3. The van der Waals surface area contributed by atoms with Gasteiger partial charge in [-0.15, -0.1) is 11.8 Å². The molecule has 0 aliphatic carbocycles. The van der Waals surface area contributed by atoms with E-state index >= 15 is 0 Å². The Balaban J connectivity index is 1.94. The van der Waals surface area contributed by atoms with Crippen LogP contribution in [0.25, 0.3) is 0 Å². The van der Waals surface area contributed by atoms with Crippen LogP contribution in [-0.4, -0.2) is 44.2 Å². The van der Waals surface area contributed by atoms with Crippen molar-refractivity contribution in [2.45, 2.75) is 44.2 Å². The molecular formula is C19H21ClN2O6S. The van der Waals surface area contributed by atoms with Gasteiger partial charge in [0.2, 0.25) is 6.79 Å². The smallest absolute Gasteiger partial charge is 0.355 e. The van der Waals surface area contributed by atoms with Crippen molar-refractivity contribution in [3.05, 3.63) is 34.2 Å². The fourth-order valence-electron chi connectivity index (χ4n) is 3.00. The van der Waals surface area contributed by atoms with Crippen LogP contribution in [0.1, 0.15) is 54.5 Å². The summed E-state index contributed by atoms with van der Waals surface area (Å²) in [5.41, 5.74) is 0.767. The highest BCUT2D eigenvalue weighted by molar-refractivity contribution is 7.99. The topological polar surface area (TPSA) is 111 Å². The highest BCUT2D eigenvalue weighted by Crippen LogP contribution is 2.38. The van der Waals surface area contributed by atoms with Crippen molar-refractivity contribution in [1.82, 2.24) is 9.55 Å². The number of ether oxygens (including phenoxy) is 2. The van der Waals surface area contributed by atoms with Crippen molar-refractivity contribution in [3.63, 3.8) is 0 Å². The molecule has 0 radical (unpaired) electrons. The summed E-state index contributed by atoms with van der Waals surface area (Å²) in [6.07, 6.45) is 0.455. The maximum Gasteiger partial charge on any atom is 0.355 e. The first kappa shape index (κ1) is 21.3. The van der Waals surface area contributed by atoms with Gasteiger partial charge in [-0.25, -0.2) is 9.78 Å². The molecule has 1 aromatic carbocycles. The van der Waals surface area contributed by atoms with E-state index in [0.717, 1.165) is 0 Å². The number of carboxylic acid groups (broad SMARTS) is 2. The predicted octanol–water partition coefficient (Wildman–Crippen LogP) is 4.09. The number of nitrogens with zero attached hydrogens (tertiary/aromatic N) is 2. The average molecular weight is 441 g/mol. The number of aromatic nitrogens is 2. The lowest BCUT2D eigenvalue weighted by Crippen LogP contribution is -2.14. The molecular weight excluding hydrogens is 420 g/mol. The van der Waals surface area contributed by atoms with E-state index in [2.05, 4.69) is 4.98 Å². The van der Waals surface area contributed by atoms with Crippen LogP contribution in [0, 0.1) is 0 Å². The largest absolute Gasteiger partial charge is 0.481 e. The normalized spacial score (nSPS) is 12.6. The van der Waals surface area contributed by atoms with E-state index in [0.29, 0.717) is 45.1 Å². The number of carbonyl (C=O) groups is 2. The van der Waals surface area contributed by atoms with Gasteiger partial charge in [-0.1, -0.05) is 25.4 Å². The molecule has 0 saturated carbocycles. The van der Waals surface area contributed by atoms with Gasteiger partial charge in [0, 0.05) is 29.2 Å². The summed E-state index contributed by atoms with van der Waals surface area (Å²) in [5.74, 6) is 0.215. The number of benzene rings is 1. The lowest BCUT2D eigenvalue weighted by atomic mass is 10.1. The molecule has 29 heavy (non-hydrogen) atoms. The number of halogens is 1. The summed E-state index contributed by atoms with van der Waals surface area (Å²) in [6.45, 7) is 4.21. The Morgan fingerprint density at radius 1 is 1.28 bits per heavy atom. The number of carboxylic acids is 2. The first-order chi connectivity index (χ1) is 13.8. The van der Waals surface area contributed by atoms with Crippen LogP contribution in [0.5, 0.6) is 11.5 Å². The van der Waals surface area contributed by atoms with Crippen molar-refractivity contribution in [1.29, 1.82) is 0 Å². The molecule has 2 aromatic rings. The molecule has 2 heterocycles. The minimum absolute atomic E-state index is 0.0192. The van der Waals surface area contributed by atoms with E-state index in [9.17, 15) is 14.7 Å². The molecule has 1 aliphatic heterocycles. The monoisotopic (exact) mass is 440 g/mol. The molecule has 2 N–H and O–H groups in total. The highest BCUT2D eigenvalue weighted by atomic mass is 35.5. The molecule has 8 nitrogen and oxygen atoms in total. The molecule has 0 atom stereocenters. The molecule has 0 bridgehead atoms. The Morgan fingerprint density at radius 2 is 1.97 bits per heavy atom. The Kier molecular flexibility index (Phi) is 6.59. The van der Waals surface area contributed by atoms with Gasteiger partial charge in [0.15, 0.2) is 17.2 Å². The van der Waals surface area contributed by atoms with Gasteiger partial charge in [-0.05, 0) is 18.1 Å². The van der Waals surface area contributed by atoms with Gasteiger partial charge in [-0.3, -0.25) is 4.79 Å². The van der Waals surface area contributed by atoms with E-state index in [1.807, 2.05) is 13.8 Å². The Bertz CT molecular complexity index is 943. The first-order valence-electron chi connectivity index (χ1n) is 9.04. The van der Waals surface area contributed by atoms with Crippen LogP contribution in [-0.2, 0) is 11.3 Å². The Labute approximate surface area is 176 Å². The zero-order valence-electron chi connectivity index (χ0n) is 16.0. The SMILES string of the molecule is CC(C)c1nc(SCCCC(=O)O)c(C(=O)O)n1Cc1cc2c(cc1Cl)OCO2. The van der Waals surface area contributed by atoms with E-state index in [4.69, 9.17) is 26.2 Å². The fraction of sp³-hybridized carbons (Fsp3) is 0.421. The molecule has 156 valence electrons. The number of hydrogen-bond donors (Lipinski definition) is 2. The van der Waals surface area contributed by atoms with Gasteiger partial charge < -0.3 is 24.3 Å². The second-order valence-electron chi connectivity index (χ2n) is 6.81. The lowest BCUT2D eigenvalue weighted by Gasteiger charge is -2.14. The van der Waals surface area contributed by atoms with Crippen LogP contribution in [0.15, 0.2) is 17.2 Å². The van der Waals surface area contributed by atoms with Gasteiger partial charge in [0.25, 0.3) is 0 Å². The average Bonchev–Trinajstić information content (AvgIpc) is 3.23. The molecule has 0 amide bonds. The molecule has 10 heteroatoms. The summed E-state index contributed by atoms with van der Waals surface area (Å²) in [6, 6.07) is 3.41. The molecule has 0 unspecified atom stereocenters. The number of imidazole rings is 1. The minimum Gasteiger partial charge on any atom is -0.481 e. The number of hydrogen-bond acceptors (Lipinski definition) is 6. The zero-order chi connectivity index (χ0) is 21.1. The maximum atomic E-state index is 12.0. The number of aromatic carboxylic acids is 1. The molecule has 1 aromatic heterocycles. The summed E-state index contributed by atoms with van der Waals surface area (Å²) in [7, 11) is 0. The fourth-order valence-corrected chi connectivity index (χ4v) is 4.19. The van der Waals surface area contributed by atoms with Crippen molar-refractivity contribution in [2.75, 3.05) is 12.5 Å². The van der Waals surface area contributed by atoms with Crippen molar-refractivity contribution >= 4 is 35.3 Å². The molecule has 0 spiro atoms. The number of rotatable bonds is 9. The zero-order valence-corrected chi connectivity index (χ0v) is 17.5. The van der Waals surface area contributed by atoms with Crippen LogP contribution in [0.2, 0.25) is 5.02 Å². The van der Waals surface area contributed by atoms with Gasteiger partial charge in [0.05, 0.1) is 6.54 Å². The van der Waals surface area contributed by atoms with Gasteiger partial charge in [-0.2, -0.15) is 0 Å². The minimum atomic E-state index is -1.10. The summed E-state index contributed by atoms with van der Waals surface area (Å²) >= 11 is 7.63. The van der Waals surface area contributed by atoms with Crippen molar-refractivity contribution in [2.24, 2.45) is 0 Å². The van der Waals surface area contributed by atoms with Crippen LogP contribution in [0.3, 0.4) is 0 Å². The number of aliphatic carboxylic acids is 1. The van der Waals surface area contributed by atoms with Crippen molar-refractivity contribution in [3.8, 4) is 11.5 Å². The quantitative estimate of drug-likeness (QED) is 0.443.